The third-order valence-corrected chi connectivity index (χ3v) is 4.21. The summed E-state index contributed by atoms with van der Waals surface area (Å²) in [4.78, 5) is 0. The van der Waals surface area contributed by atoms with Gasteiger partial charge in [-0.05, 0) is 24.3 Å². The Morgan fingerprint density at radius 1 is 1.26 bits per heavy atom. The molecule has 1 fully saturated rings. The van der Waals surface area contributed by atoms with E-state index in [1.165, 1.54) is 38.2 Å². The topological polar surface area (TPSA) is 32.3 Å². The van der Waals surface area contributed by atoms with Crippen LogP contribution in [0.25, 0.3) is 0 Å². The highest BCUT2D eigenvalue weighted by atomic mass is 19.1. The molecule has 2 N–H and O–H groups in total. The summed E-state index contributed by atoms with van der Waals surface area (Å²) in [5.41, 5.74) is 0.719. The second kappa shape index (κ2) is 6.49. The van der Waals surface area contributed by atoms with Crippen LogP contribution in [0.2, 0.25) is 0 Å². The predicted molar refractivity (Wildman–Crippen MR) is 75.4 cm³/mol. The van der Waals surface area contributed by atoms with Crippen molar-refractivity contribution in [1.29, 1.82) is 0 Å². The van der Waals surface area contributed by atoms with Crippen molar-refractivity contribution in [3.05, 3.63) is 35.6 Å². The first kappa shape index (κ1) is 14.5. The average Bonchev–Trinajstić information content (AvgIpc) is 2.39. The van der Waals surface area contributed by atoms with Gasteiger partial charge in [-0.15, -0.1) is 0 Å². The van der Waals surface area contributed by atoms with Crippen LogP contribution in [0, 0.1) is 11.2 Å². The van der Waals surface area contributed by atoms with Crippen LogP contribution >= 0.6 is 0 Å². The zero-order valence-electron chi connectivity index (χ0n) is 11.7. The molecule has 0 radical (unpaired) electrons. The van der Waals surface area contributed by atoms with Crippen molar-refractivity contribution in [2.75, 3.05) is 13.1 Å². The minimum Gasteiger partial charge on any atom is -0.387 e. The first-order chi connectivity index (χ1) is 9.11. The van der Waals surface area contributed by atoms with Crippen LogP contribution in [0.15, 0.2) is 24.3 Å². The van der Waals surface area contributed by atoms with Gasteiger partial charge in [0.2, 0.25) is 0 Å². The zero-order chi connectivity index (χ0) is 13.7. The van der Waals surface area contributed by atoms with Gasteiger partial charge in [-0.3, -0.25) is 0 Å². The minimum atomic E-state index is -0.770. The van der Waals surface area contributed by atoms with Crippen molar-refractivity contribution in [2.24, 2.45) is 5.41 Å². The summed E-state index contributed by atoms with van der Waals surface area (Å²) in [6.45, 7) is 3.61. The lowest BCUT2D eigenvalue weighted by molar-refractivity contribution is 0.152. The average molecular weight is 265 g/mol. The molecular weight excluding hydrogens is 241 g/mol. The number of hydrogen-bond acceptors (Lipinski definition) is 2. The Balaban J connectivity index is 1.81. The van der Waals surface area contributed by atoms with Crippen LogP contribution in [0.1, 0.15) is 50.7 Å². The second-order valence-corrected chi connectivity index (χ2v) is 6.04. The van der Waals surface area contributed by atoms with E-state index >= 15 is 0 Å². The number of benzene rings is 1. The van der Waals surface area contributed by atoms with E-state index in [0.717, 1.165) is 6.54 Å². The molecule has 0 amide bonds. The monoisotopic (exact) mass is 265 g/mol. The maximum absolute atomic E-state index is 13.5. The second-order valence-electron chi connectivity index (χ2n) is 6.04. The summed E-state index contributed by atoms with van der Waals surface area (Å²) in [6.07, 6.45) is 5.66. The Hall–Kier alpha value is -0.930. The van der Waals surface area contributed by atoms with Crippen molar-refractivity contribution in [3.8, 4) is 0 Å². The third kappa shape index (κ3) is 4.02. The van der Waals surface area contributed by atoms with Crippen LogP contribution in [0.4, 0.5) is 4.39 Å². The van der Waals surface area contributed by atoms with Gasteiger partial charge in [-0.1, -0.05) is 44.4 Å². The largest absolute Gasteiger partial charge is 0.387 e. The molecule has 0 aliphatic heterocycles. The zero-order valence-corrected chi connectivity index (χ0v) is 11.7. The minimum absolute atomic E-state index is 0.333. The lowest BCUT2D eigenvalue weighted by Crippen LogP contribution is -2.35. The quantitative estimate of drug-likeness (QED) is 0.855. The van der Waals surface area contributed by atoms with Crippen LogP contribution < -0.4 is 5.32 Å². The van der Waals surface area contributed by atoms with Gasteiger partial charge in [0.25, 0.3) is 0 Å². The molecule has 0 saturated heterocycles. The lowest BCUT2D eigenvalue weighted by atomic mass is 9.76. The van der Waals surface area contributed by atoms with Gasteiger partial charge in [0.15, 0.2) is 0 Å². The number of nitrogens with one attached hydrogen (secondary N) is 1. The fourth-order valence-corrected chi connectivity index (χ4v) is 2.95. The summed E-state index contributed by atoms with van der Waals surface area (Å²) >= 11 is 0. The van der Waals surface area contributed by atoms with E-state index in [1.807, 2.05) is 0 Å². The van der Waals surface area contributed by atoms with E-state index in [9.17, 15) is 9.50 Å². The van der Waals surface area contributed by atoms with E-state index < -0.39 is 6.10 Å². The first-order valence-corrected chi connectivity index (χ1v) is 7.24. The SMILES string of the molecule is CC1(CNCC(O)c2ccccc2F)CCCCC1. The third-order valence-electron chi connectivity index (χ3n) is 4.21. The molecule has 2 nitrogen and oxygen atoms in total. The number of rotatable bonds is 5. The summed E-state index contributed by atoms with van der Waals surface area (Å²) in [5.74, 6) is -0.333. The molecule has 2 rings (SSSR count). The van der Waals surface area contributed by atoms with Gasteiger partial charge < -0.3 is 10.4 Å². The van der Waals surface area contributed by atoms with Gasteiger partial charge in [0, 0.05) is 18.7 Å². The van der Waals surface area contributed by atoms with Crippen molar-refractivity contribution in [3.63, 3.8) is 0 Å². The highest BCUT2D eigenvalue weighted by Crippen LogP contribution is 2.35. The molecule has 0 heterocycles. The van der Waals surface area contributed by atoms with Gasteiger partial charge in [0.1, 0.15) is 5.82 Å². The summed E-state index contributed by atoms with van der Waals surface area (Å²) in [6, 6.07) is 6.43. The van der Waals surface area contributed by atoms with E-state index in [2.05, 4.69) is 12.2 Å². The fraction of sp³-hybridized carbons (Fsp3) is 0.625. The molecule has 1 aliphatic rings. The number of aliphatic hydroxyl groups is 1. The molecule has 0 aromatic heterocycles. The van der Waals surface area contributed by atoms with E-state index in [1.54, 1.807) is 18.2 Å². The van der Waals surface area contributed by atoms with Crippen molar-refractivity contribution in [1.82, 2.24) is 5.32 Å². The molecule has 3 heteroatoms. The molecule has 1 aromatic carbocycles. The van der Waals surface area contributed by atoms with E-state index in [-0.39, 0.29) is 5.82 Å². The first-order valence-electron chi connectivity index (χ1n) is 7.24. The van der Waals surface area contributed by atoms with Gasteiger partial charge in [-0.2, -0.15) is 0 Å². The Bertz CT molecular complexity index is 401. The van der Waals surface area contributed by atoms with Crippen molar-refractivity contribution < 1.29 is 9.50 Å². The molecule has 106 valence electrons. The van der Waals surface area contributed by atoms with Crippen molar-refractivity contribution in [2.45, 2.75) is 45.1 Å². The fourth-order valence-electron chi connectivity index (χ4n) is 2.95. The Kier molecular flexibility index (Phi) is 4.94. The Morgan fingerprint density at radius 2 is 1.95 bits per heavy atom. The molecule has 1 unspecified atom stereocenters. The molecule has 1 aromatic rings. The standard InChI is InChI=1S/C16H24FNO/c1-16(9-5-2-6-10-16)12-18-11-15(19)13-7-3-4-8-14(13)17/h3-4,7-8,15,18-19H,2,5-6,9-12H2,1H3. The number of aliphatic hydroxyl groups excluding tert-OH is 1. The van der Waals surface area contributed by atoms with E-state index in [0.29, 0.717) is 17.5 Å². The maximum Gasteiger partial charge on any atom is 0.129 e. The summed E-state index contributed by atoms with van der Waals surface area (Å²) in [5, 5.41) is 13.3. The Labute approximate surface area is 115 Å². The molecular formula is C16H24FNO. The maximum atomic E-state index is 13.5. The highest BCUT2D eigenvalue weighted by Gasteiger charge is 2.26. The molecule has 0 spiro atoms. The molecule has 1 atom stereocenters. The van der Waals surface area contributed by atoms with Crippen LogP contribution in [0.5, 0.6) is 0 Å². The van der Waals surface area contributed by atoms with Gasteiger partial charge in [-0.25, -0.2) is 4.39 Å². The van der Waals surface area contributed by atoms with Gasteiger partial charge in [0.05, 0.1) is 6.10 Å². The van der Waals surface area contributed by atoms with Gasteiger partial charge >= 0.3 is 0 Å². The predicted octanol–water partition coefficient (Wildman–Crippen LogP) is 3.42. The summed E-state index contributed by atoms with van der Waals surface area (Å²) in [7, 11) is 0. The van der Waals surface area contributed by atoms with Crippen LogP contribution in [-0.2, 0) is 0 Å². The molecule has 1 aliphatic carbocycles. The lowest BCUT2D eigenvalue weighted by Gasteiger charge is -2.34. The summed E-state index contributed by atoms with van der Waals surface area (Å²) < 4.78 is 13.5. The van der Waals surface area contributed by atoms with Crippen LogP contribution in [-0.4, -0.2) is 18.2 Å². The normalized spacial score (nSPS) is 20.2. The van der Waals surface area contributed by atoms with E-state index in [4.69, 9.17) is 0 Å². The smallest absolute Gasteiger partial charge is 0.129 e. The van der Waals surface area contributed by atoms with Crippen LogP contribution in [0.3, 0.4) is 0 Å². The van der Waals surface area contributed by atoms with Crippen molar-refractivity contribution >= 4 is 0 Å². The molecule has 19 heavy (non-hydrogen) atoms. The Morgan fingerprint density at radius 3 is 2.63 bits per heavy atom. The molecule has 0 bridgehead atoms. The highest BCUT2D eigenvalue weighted by molar-refractivity contribution is 5.19. The number of halogens is 1. The number of hydrogen-bond donors (Lipinski definition) is 2. The molecule has 1 saturated carbocycles.